The van der Waals surface area contributed by atoms with Crippen molar-refractivity contribution in [3.05, 3.63) is 12.7 Å². The summed E-state index contributed by atoms with van der Waals surface area (Å²) in [5, 5.41) is 0. The van der Waals surface area contributed by atoms with Gasteiger partial charge in [0.25, 0.3) is 0 Å². The van der Waals surface area contributed by atoms with Crippen molar-refractivity contribution in [2.75, 3.05) is 0 Å². The molecule has 0 aromatic rings. The summed E-state index contributed by atoms with van der Waals surface area (Å²) in [6.07, 6.45) is -6.31. The highest BCUT2D eigenvalue weighted by Gasteiger charge is 2.95. The van der Waals surface area contributed by atoms with Gasteiger partial charge in [0.2, 0.25) is 0 Å². The minimum atomic E-state index is -8.51. The molecule has 0 heterocycles. The van der Waals surface area contributed by atoms with Crippen molar-refractivity contribution in [3.8, 4) is 0 Å². The summed E-state index contributed by atoms with van der Waals surface area (Å²) in [5.74, 6) is -63.9. The number of hydrogen-bond acceptors (Lipinski definition) is 2. The van der Waals surface area contributed by atoms with Gasteiger partial charge in [0, 0.05) is 12.5 Å². The second-order valence-electron chi connectivity index (χ2n) is 6.41. The van der Waals surface area contributed by atoms with E-state index in [4.69, 9.17) is 0 Å². The maximum absolute atomic E-state index is 13.7. The summed E-state index contributed by atoms with van der Waals surface area (Å²) in [4.78, 5) is 10.7. The van der Waals surface area contributed by atoms with E-state index in [9.17, 15) is 75.0 Å². The van der Waals surface area contributed by atoms with Crippen molar-refractivity contribution >= 4 is 5.97 Å². The Bertz CT molecular complexity index is 742. The molecule has 0 aliphatic carbocycles. The van der Waals surface area contributed by atoms with Gasteiger partial charge in [-0.2, -0.15) is 70.2 Å². The number of esters is 1. The summed E-state index contributed by atoms with van der Waals surface area (Å²) in [5.41, 5.74) is 0. The van der Waals surface area contributed by atoms with Crippen LogP contribution in [0, 0.1) is 0 Å². The molecule has 0 aromatic carbocycles. The van der Waals surface area contributed by atoms with Crippen molar-refractivity contribution in [2.45, 2.75) is 73.8 Å². The Balaban J connectivity index is 6.76. The fourth-order valence-electron chi connectivity index (χ4n) is 2.00. The van der Waals surface area contributed by atoms with Crippen molar-refractivity contribution in [1.29, 1.82) is 0 Å². The Labute approximate surface area is 173 Å². The molecule has 2 nitrogen and oxygen atoms in total. The number of ether oxygens (including phenoxy) is 1. The van der Waals surface area contributed by atoms with Gasteiger partial charge >= 0.3 is 53.3 Å². The summed E-state index contributed by atoms with van der Waals surface area (Å²) in [6, 6.07) is 0. The smallest absolute Gasteiger partial charge is 0.385 e. The van der Waals surface area contributed by atoms with E-state index in [2.05, 4.69) is 11.3 Å². The standard InChI is InChI=1S/C15H12F16O2/c1-4-7(32)33-6(3)9(18,19)11(22,23)13(26,27)15(30,31)14(28,29)12(24,25)10(20,21)8(16,17)5-2/h4,6H,1,5H2,2-3H3. The highest BCUT2D eigenvalue weighted by atomic mass is 19.4. The van der Waals surface area contributed by atoms with Crippen LogP contribution in [-0.2, 0) is 9.53 Å². The summed E-state index contributed by atoms with van der Waals surface area (Å²) in [6.45, 7) is 2.18. The van der Waals surface area contributed by atoms with E-state index in [1.165, 1.54) is 0 Å². The Kier molecular flexibility index (Phi) is 7.90. The molecule has 0 aromatic heterocycles. The van der Waals surface area contributed by atoms with Gasteiger partial charge in [0.15, 0.2) is 6.10 Å². The van der Waals surface area contributed by atoms with Gasteiger partial charge in [-0.15, -0.1) is 0 Å². The fourth-order valence-corrected chi connectivity index (χ4v) is 2.00. The van der Waals surface area contributed by atoms with Crippen molar-refractivity contribution in [2.24, 2.45) is 0 Å². The molecule has 0 saturated carbocycles. The van der Waals surface area contributed by atoms with E-state index in [-0.39, 0.29) is 19.9 Å². The second kappa shape index (κ2) is 8.39. The van der Waals surface area contributed by atoms with Crippen LogP contribution in [0.3, 0.4) is 0 Å². The zero-order valence-corrected chi connectivity index (χ0v) is 15.9. The van der Waals surface area contributed by atoms with E-state index in [1.807, 2.05) is 0 Å². The van der Waals surface area contributed by atoms with Gasteiger partial charge in [-0.1, -0.05) is 13.5 Å². The molecule has 33 heavy (non-hydrogen) atoms. The van der Waals surface area contributed by atoms with Crippen LogP contribution in [0.1, 0.15) is 20.3 Å². The molecule has 0 fully saturated rings. The third kappa shape index (κ3) is 4.10. The van der Waals surface area contributed by atoms with Crippen molar-refractivity contribution < 1.29 is 79.8 Å². The van der Waals surface area contributed by atoms with Crippen LogP contribution in [-0.4, -0.2) is 59.5 Å². The number of rotatable bonds is 11. The Morgan fingerprint density at radius 3 is 1.30 bits per heavy atom. The lowest BCUT2D eigenvalue weighted by molar-refractivity contribution is -0.456. The number of halogens is 16. The molecule has 0 aliphatic rings. The minimum absolute atomic E-state index is 0.0256. The second-order valence-corrected chi connectivity index (χ2v) is 6.41. The molecule has 1 atom stereocenters. The monoisotopic (exact) mass is 528 g/mol. The molecule has 0 amide bonds. The Morgan fingerprint density at radius 2 is 1.00 bits per heavy atom. The van der Waals surface area contributed by atoms with E-state index >= 15 is 0 Å². The quantitative estimate of drug-likeness (QED) is 0.172. The number of hydrogen-bond donors (Lipinski definition) is 0. The van der Waals surface area contributed by atoms with E-state index in [1.54, 1.807) is 0 Å². The first-order valence-electron chi connectivity index (χ1n) is 8.04. The van der Waals surface area contributed by atoms with Crippen LogP contribution in [0.4, 0.5) is 70.2 Å². The third-order valence-electron chi connectivity index (χ3n) is 4.26. The highest BCUT2D eigenvalue weighted by Crippen LogP contribution is 2.64. The largest absolute Gasteiger partial charge is 0.453 e. The zero-order valence-electron chi connectivity index (χ0n) is 15.9. The van der Waals surface area contributed by atoms with Gasteiger partial charge < -0.3 is 4.74 Å². The average Bonchev–Trinajstić information content (AvgIpc) is 2.66. The molecule has 0 aliphatic heterocycles. The lowest BCUT2D eigenvalue weighted by Gasteiger charge is -2.44. The first-order valence-corrected chi connectivity index (χ1v) is 8.04. The number of carbonyl (C=O) groups is 1. The molecule has 0 bridgehead atoms. The number of carbonyl (C=O) groups excluding carboxylic acids is 1. The SMILES string of the molecule is C=CC(=O)OC(C)C(F)(F)C(F)(F)C(F)(F)C(F)(F)C(F)(F)C(F)(F)C(F)(F)C(F)(F)CC. The van der Waals surface area contributed by atoms with Gasteiger partial charge in [-0.05, 0) is 6.92 Å². The molecule has 0 spiro atoms. The molecule has 0 saturated heterocycles. The Hall–Kier alpha value is -1.91. The van der Waals surface area contributed by atoms with Crippen molar-refractivity contribution in [3.63, 3.8) is 0 Å². The molecular weight excluding hydrogens is 516 g/mol. The van der Waals surface area contributed by atoms with E-state index in [0.29, 0.717) is 0 Å². The predicted molar refractivity (Wildman–Crippen MR) is 75.6 cm³/mol. The first-order chi connectivity index (χ1) is 14.2. The highest BCUT2D eigenvalue weighted by molar-refractivity contribution is 5.81. The molecule has 196 valence electrons. The van der Waals surface area contributed by atoms with E-state index < -0.39 is 65.9 Å². The summed E-state index contributed by atoms with van der Waals surface area (Å²) < 4.78 is 219. The summed E-state index contributed by atoms with van der Waals surface area (Å²) in [7, 11) is 0. The van der Waals surface area contributed by atoms with Gasteiger partial charge in [0.05, 0.1) is 0 Å². The van der Waals surface area contributed by atoms with Crippen LogP contribution < -0.4 is 0 Å². The molecule has 0 N–H and O–H groups in total. The van der Waals surface area contributed by atoms with E-state index in [0.717, 1.165) is 0 Å². The molecule has 1 unspecified atom stereocenters. The first kappa shape index (κ1) is 31.1. The normalized spacial score (nSPS) is 16.4. The average molecular weight is 528 g/mol. The zero-order chi connectivity index (χ0) is 27.3. The maximum Gasteiger partial charge on any atom is 0.385 e. The fraction of sp³-hybridized carbons (Fsp3) is 0.800. The lowest BCUT2D eigenvalue weighted by atomic mass is 9.86. The third-order valence-corrected chi connectivity index (χ3v) is 4.26. The Morgan fingerprint density at radius 1 is 0.697 bits per heavy atom. The van der Waals surface area contributed by atoms with Crippen LogP contribution in [0.2, 0.25) is 0 Å². The van der Waals surface area contributed by atoms with Gasteiger partial charge in [-0.25, -0.2) is 4.79 Å². The summed E-state index contributed by atoms with van der Waals surface area (Å²) >= 11 is 0. The topological polar surface area (TPSA) is 26.3 Å². The molecule has 18 heteroatoms. The van der Waals surface area contributed by atoms with Crippen LogP contribution in [0.5, 0.6) is 0 Å². The van der Waals surface area contributed by atoms with Crippen LogP contribution in [0.25, 0.3) is 0 Å². The maximum atomic E-state index is 13.7. The van der Waals surface area contributed by atoms with Crippen LogP contribution in [0.15, 0.2) is 12.7 Å². The minimum Gasteiger partial charge on any atom is -0.453 e. The van der Waals surface area contributed by atoms with Gasteiger partial charge in [0.1, 0.15) is 0 Å². The molecular formula is C15H12F16O2. The predicted octanol–water partition coefficient (Wildman–Crippen LogP) is 6.60. The van der Waals surface area contributed by atoms with Crippen molar-refractivity contribution in [1.82, 2.24) is 0 Å². The van der Waals surface area contributed by atoms with Crippen LogP contribution >= 0.6 is 0 Å². The van der Waals surface area contributed by atoms with Gasteiger partial charge in [-0.3, -0.25) is 0 Å². The molecule has 0 rings (SSSR count). The number of alkyl halides is 16. The molecule has 0 radical (unpaired) electrons. The lowest BCUT2D eigenvalue weighted by Crippen LogP contribution is -2.75.